The standard InChI is InChI=1S/C24H21NO3/c26-23-11-5-6-15-12-16(13-21(15)23)25-24(27)28-14-22-19-9-3-1-7-17(19)18-8-2-4-10-20(18)22/h1-11,16,22,26H,12-14H2,(H,25,27). The number of nitrogens with one attached hydrogen (secondary N) is 1. The number of fused-ring (bicyclic) bond motifs is 4. The Bertz CT molecular complexity index is 1010. The third kappa shape index (κ3) is 2.82. The highest BCUT2D eigenvalue weighted by Gasteiger charge is 2.30. The summed E-state index contributed by atoms with van der Waals surface area (Å²) in [5.74, 6) is 0.359. The lowest BCUT2D eigenvalue weighted by molar-refractivity contribution is 0.139. The second-order valence-electron chi connectivity index (χ2n) is 7.49. The Balaban J connectivity index is 1.26. The van der Waals surface area contributed by atoms with Crippen LogP contribution in [0.4, 0.5) is 4.79 Å². The Labute approximate surface area is 163 Å². The molecule has 5 rings (SSSR count). The molecule has 0 bridgehead atoms. The van der Waals surface area contributed by atoms with E-state index in [1.54, 1.807) is 6.07 Å². The molecule has 3 aromatic rings. The number of rotatable bonds is 3. The van der Waals surface area contributed by atoms with Crippen molar-refractivity contribution in [3.8, 4) is 16.9 Å². The summed E-state index contributed by atoms with van der Waals surface area (Å²) in [5.41, 5.74) is 6.85. The molecule has 2 N–H and O–H groups in total. The van der Waals surface area contributed by atoms with Crippen LogP contribution >= 0.6 is 0 Å². The predicted octanol–water partition coefficient (Wildman–Crippen LogP) is 4.40. The van der Waals surface area contributed by atoms with Crippen LogP contribution in [0.1, 0.15) is 28.2 Å². The first-order valence-electron chi connectivity index (χ1n) is 9.62. The van der Waals surface area contributed by atoms with Crippen molar-refractivity contribution in [2.45, 2.75) is 24.8 Å². The summed E-state index contributed by atoms with van der Waals surface area (Å²) in [7, 11) is 0. The number of carbonyl (C=O) groups excluding carboxylic acids is 1. The molecule has 0 saturated carbocycles. The molecule has 0 heterocycles. The molecule has 2 aliphatic carbocycles. The molecule has 0 spiro atoms. The number of aromatic hydroxyl groups is 1. The van der Waals surface area contributed by atoms with E-state index in [9.17, 15) is 9.90 Å². The molecular formula is C24H21NO3. The Morgan fingerprint density at radius 3 is 2.29 bits per heavy atom. The number of phenols is 1. The lowest BCUT2D eigenvalue weighted by Crippen LogP contribution is -2.36. The zero-order valence-corrected chi connectivity index (χ0v) is 15.4. The highest BCUT2D eigenvalue weighted by Crippen LogP contribution is 2.44. The number of alkyl carbamates (subject to hydrolysis) is 1. The monoisotopic (exact) mass is 371 g/mol. The van der Waals surface area contributed by atoms with Crippen LogP contribution in [-0.4, -0.2) is 23.8 Å². The quantitative estimate of drug-likeness (QED) is 0.717. The first kappa shape index (κ1) is 16.9. The van der Waals surface area contributed by atoms with E-state index in [1.165, 1.54) is 22.3 Å². The second kappa shape index (κ2) is 6.71. The first-order valence-corrected chi connectivity index (χ1v) is 9.62. The molecule has 4 heteroatoms. The van der Waals surface area contributed by atoms with Gasteiger partial charge in [-0.25, -0.2) is 4.79 Å². The van der Waals surface area contributed by atoms with Gasteiger partial charge in [0.1, 0.15) is 12.4 Å². The summed E-state index contributed by atoms with van der Waals surface area (Å²) in [6, 6.07) is 22.1. The van der Waals surface area contributed by atoms with Crippen molar-refractivity contribution in [2.24, 2.45) is 0 Å². The SMILES string of the molecule is O=C(NC1Cc2cccc(O)c2C1)OCC1c2ccccc2-c2ccccc21. The highest BCUT2D eigenvalue weighted by molar-refractivity contribution is 5.79. The van der Waals surface area contributed by atoms with Gasteiger partial charge in [0.05, 0.1) is 0 Å². The molecule has 1 atom stereocenters. The average Bonchev–Trinajstić information content (AvgIpc) is 3.26. The van der Waals surface area contributed by atoms with Crippen LogP contribution in [0.2, 0.25) is 0 Å². The molecule has 4 nitrogen and oxygen atoms in total. The van der Waals surface area contributed by atoms with Crippen molar-refractivity contribution in [3.05, 3.63) is 89.0 Å². The van der Waals surface area contributed by atoms with Crippen LogP contribution in [0.3, 0.4) is 0 Å². The van der Waals surface area contributed by atoms with E-state index in [1.807, 2.05) is 36.4 Å². The lowest BCUT2D eigenvalue weighted by Gasteiger charge is -2.16. The summed E-state index contributed by atoms with van der Waals surface area (Å²) in [5, 5.41) is 12.9. The Hall–Kier alpha value is -3.27. The second-order valence-corrected chi connectivity index (χ2v) is 7.49. The van der Waals surface area contributed by atoms with Gasteiger partial charge in [-0.1, -0.05) is 60.7 Å². The minimum Gasteiger partial charge on any atom is -0.508 e. The minimum absolute atomic E-state index is 0.0426. The van der Waals surface area contributed by atoms with Crippen molar-refractivity contribution < 1.29 is 14.6 Å². The molecule has 2 aliphatic rings. The van der Waals surface area contributed by atoms with Crippen molar-refractivity contribution in [1.29, 1.82) is 0 Å². The number of ether oxygens (including phenoxy) is 1. The largest absolute Gasteiger partial charge is 0.508 e. The fourth-order valence-corrected chi connectivity index (χ4v) is 4.54. The summed E-state index contributed by atoms with van der Waals surface area (Å²) in [4.78, 5) is 12.4. The fourth-order valence-electron chi connectivity index (χ4n) is 4.54. The van der Waals surface area contributed by atoms with Crippen LogP contribution < -0.4 is 5.32 Å². The third-order valence-corrected chi connectivity index (χ3v) is 5.83. The van der Waals surface area contributed by atoms with Gasteiger partial charge in [0, 0.05) is 12.0 Å². The molecule has 0 fully saturated rings. The molecule has 1 amide bonds. The van der Waals surface area contributed by atoms with E-state index >= 15 is 0 Å². The zero-order valence-electron chi connectivity index (χ0n) is 15.4. The molecular weight excluding hydrogens is 350 g/mol. The highest BCUT2D eigenvalue weighted by atomic mass is 16.5. The maximum absolute atomic E-state index is 12.4. The zero-order chi connectivity index (χ0) is 19.1. The summed E-state index contributed by atoms with van der Waals surface area (Å²) in [6.07, 6.45) is 0.944. The van der Waals surface area contributed by atoms with E-state index in [0.717, 1.165) is 11.1 Å². The molecule has 28 heavy (non-hydrogen) atoms. The van der Waals surface area contributed by atoms with Crippen LogP contribution in [0.25, 0.3) is 11.1 Å². The molecule has 1 unspecified atom stereocenters. The molecule has 0 radical (unpaired) electrons. The Kier molecular flexibility index (Phi) is 4.05. The number of benzene rings is 3. The Morgan fingerprint density at radius 2 is 1.61 bits per heavy atom. The van der Waals surface area contributed by atoms with Gasteiger partial charge in [0.2, 0.25) is 0 Å². The van der Waals surface area contributed by atoms with Gasteiger partial charge in [-0.15, -0.1) is 0 Å². The normalized spacial score (nSPS) is 16.9. The van der Waals surface area contributed by atoms with Gasteiger partial charge < -0.3 is 15.2 Å². The Morgan fingerprint density at radius 1 is 0.929 bits per heavy atom. The lowest BCUT2D eigenvalue weighted by atomic mass is 9.98. The van der Waals surface area contributed by atoms with E-state index < -0.39 is 6.09 Å². The van der Waals surface area contributed by atoms with Gasteiger partial charge in [-0.3, -0.25) is 0 Å². The molecule has 0 aromatic heterocycles. The van der Waals surface area contributed by atoms with E-state index in [0.29, 0.717) is 25.2 Å². The van der Waals surface area contributed by atoms with Crippen molar-refractivity contribution in [2.75, 3.05) is 6.61 Å². The number of carbonyl (C=O) groups is 1. The number of phenolic OH excluding ortho intramolecular Hbond substituents is 1. The smallest absolute Gasteiger partial charge is 0.407 e. The first-order chi connectivity index (χ1) is 13.7. The van der Waals surface area contributed by atoms with Gasteiger partial charge in [0.15, 0.2) is 0 Å². The summed E-state index contributed by atoms with van der Waals surface area (Å²) in [6.45, 7) is 0.310. The molecule has 0 aliphatic heterocycles. The number of hydrogen-bond acceptors (Lipinski definition) is 3. The third-order valence-electron chi connectivity index (χ3n) is 5.83. The van der Waals surface area contributed by atoms with Crippen LogP contribution in [-0.2, 0) is 17.6 Å². The molecule has 0 saturated heterocycles. The number of hydrogen-bond donors (Lipinski definition) is 2. The fraction of sp³-hybridized carbons (Fsp3) is 0.208. The van der Waals surface area contributed by atoms with Gasteiger partial charge in [0.25, 0.3) is 0 Å². The van der Waals surface area contributed by atoms with Crippen molar-refractivity contribution >= 4 is 6.09 Å². The van der Waals surface area contributed by atoms with Crippen LogP contribution in [0, 0.1) is 0 Å². The minimum atomic E-state index is -0.404. The summed E-state index contributed by atoms with van der Waals surface area (Å²) < 4.78 is 5.62. The summed E-state index contributed by atoms with van der Waals surface area (Å²) >= 11 is 0. The predicted molar refractivity (Wildman–Crippen MR) is 108 cm³/mol. The van der Waals surface area contributed by atoms with E-state index in [-0.39, 0.29) is 12.0 Å². The van der Waals surface area contributed by atoms with E-state index in [2.05, 4.69) is 29.6 Å². The van der Waals surface area contributed by atoms with Crippen LogP contribution in [0.15, 0.2) is 66.7 Å². The average molecular weight is 371 g/mol. The maximum atomic E-state index is 12.4. The van der Waals surface area contributed by atoms with Crippen LogP contribution in [0.5, 0.6) is 5.75 Å². The maximum Gasteiger partial charge on any atom is 0.407 e. The van der Waals surface area contributed by atoms with Gasteiger partial charge in [-0.2, -0.15) is 0 Å². The van der Waals surface area contributed by atoms with Gasteiger partial charge in [-0.05, 0) is 52.3 Å². The molecule has 140 valence electrons. The van der Waals surface area contributed by atoms with Crippen molar-refractivity contribution in [3.63, 3.8) is 0 Å². The molecule has 3 aromatic carbocycles. The topological polar surface area (TPSA) is 58.6 Å². The van der Waals surface area contributed by atoms with Crippen molar-refractivity contribution in [1.82, 2.24) is 5.32 Å². The van der Waals surface area contributed by atoms with E-state index in [4.69, 9.17) is 4.74 Å². The van der Waals surface area contributed by atoms with Gasteiger partial charge >= 0.3 is 6.09 Å². The number of amides is 1.